The highest BCUT2D eigenvalue weighted by Gasteiger charge is 2.40. The van der Waals surface area contributed by atoms with Crippen LogP contribution in [0, 0.1) is 5.92 Å². The van der Waals surface area contributed by atoms with E-state index in [1.54, 1.807) is 0 Å². The number of likely N-dealkylation sites (N-methyl/N-ethyl adjacent to an activating group) is 1. The molecule has 0 saturated carbocycles. The molecule has 0 bridgehead atoms. The molecule has 0 spiro atoms. The molecule has 3 unspecified atom stereocenters. The van der Waals surface area contributed by atoms with Gasteiger partial charge in [-0.05, 0) is 31.5 Å². The summed E-state index contributed by atoms with van der Waals surface area (Å²) >= 11 is 0. The van der Waals surface area contributed by atoms with Crippen molar-refractivity contribution in [1.29, 1.82) is 0 Å². The molecule has 1 aliphatic heterocycles. The maximum atomic E-state index is 13.0. The smallest absolute Gasteiger partial charge is 0.225 e. The number of hydrogen-bond acceptors (Lipinski definition) is 3. The standard InChI is InChI=1S/C23H29N3O2/c1-17(24-2)15-25-23(28)20-13-14-21(27)26(16-18-9-5-3-6-10-18)22(20)19-11-7-4-8-12-19/h3-12,17,20,22,24H,13-16H2,1-2H3,(H,25,28). The Labute approximate surface area is 167 Å². The van der Waals surface area contributed by atoms with Gasteiger partial charge in [0.15, 0.2) is 0 Å². The summed E-state index contributed by atoms with van der Waals surface area (Å²) in [5, 5.41) is 6.20. The number of benzene rings is 2. The van der Waals surface area contributed by atoms with Gasteiger partial charge < -0.3 is 15.5 Å². The molecule has 0 aromatic heterocycles. The van der Waals surface area contributed by atoms with E-state index < -0.39 is 0 Å². The average molecular weight is 380 g/mol. The number of rotatable bonds is 7. The highest BCUT2D eigenvalue weighted by molar-refractivity contribution is 5.85. The molecule has 2 aromatic carbocycles. The minimum Gasteiger partial charge on any atom is -0.354 e. The van der Waals surface area contributed by atoms with Crippen LogP contribution < -0.4 is 10.6 Å². The minimum atomic E-state index is -0.257. The molecule has 2 amide bonds. The summed E-state index contributed by atoms with van der Waals surface area (Å²) in [4.78, 5) is 27.8. The molecule has 0 aliphatic carbocycles. The molecule has 3 atom stereocenters. The van der Waals surface area contributed by atoms with Crippen molar-refractivity contribution in [2.24, 2.45) is 5.92 Å². The Morgan fingerprint density at radius 2 is 1.75 bits per heavy atom. The van der Waals surface area contributed by atoms with Gasteiger partial charge in [0.2, 0.25) is 11.8 Å². The molecule has 28 heavy (non-hydrogen) atoms. The largest absolute Gasteiger partial charge is 0.354 e. The van der Waals surface area contributed by atoms with Crippen molar-refractivity contribution in [2.45, 2.75) is 38.4 Å². The molecule has 2 N–H and O–H groups in total. The molecule has 1 aliphatic rings. The zero-order valence-corrected chi connectivity index (χ0v) is 16.6. The number of carbonyl (C=O) groups excluding carboxylic acids is 2. The van der Waals surface area contributed by atoms with Gasteiger partial charge >= 0.3 is 0 Å². The van der Waals surface area contributed by atoms with Crippen LogP contribution >= 0.6 is 0 Å². The first-order valence-electron chi connectivity index (χ1n) is 9.93. The third kappa shape index (κ3) is 4.78. The van der Waals surface area contributed by atoms with Gasteiger partial charge in [-0.2, -0.15) is 0 Å². The van der Waals surface area contributed by atoms with E-state index in [1.165, 1.54) is 0 Å². The Bertz CT molecular complexity index is 779. The first kappa shape index (κ1) is 20.1. The SMILES string of the molecule is CNC(C)CNC(=O)C1CCC(=O)N(Cc2ccccc2)C1c1ccccc1. The fraction of sp³-hybridized carbons (Fsp3) is 0.391. The molecule has 2 aromatic rings. The van der Waals surface area contributed by atoms with E-state index in [2.05, 4.69) is 10.6 Å². The number of likely N-dealkylation sites (tertiary alicyclic amines) is 1. The zero-order chi connectivity index (χ0) is 19.9. The van der Waals surface area contributed by atoms with Crippen molar-refractivity contribution >= 4 is 11.8 Å². The Morgan fingerprint density at radius 1 is 1.11 bits per heavy atom. The lowest BCUT2D eigenvalue weighted by atomic mass is 9.83. The lowest BCUT2D eigenvalue weighted by Gasteiger charge is -2.41. The van der Waals surface area contributed by atoms with Crippen LogP contribution in [-0.2, 0) is 16.1 Å². The second kappa shape index (κ2) is 9.51. The van der Waals surface area contributed by atoms with Crippen LogP contribution in [0.1, 0.15) is 36.9 Å². The van der Waals surface area contributed by atoms with E-state index in [9.17, 15) is 9.59 Å². The summed E-state index contributed by atoms with van der Waals surface area (Å²) < 4.78 is 0. The maximum Gasteiger partial charge on any atom is 0.225 e. The van der Waals surface area contributed by atoms with Crippen molar-refractivity contribution in [3.63, 3.8) is 0 Å². The lowest BCUT2D eigenvalue weighted by molar-refractivity contribution is -0.144. The molecule has 148 valence electrons. The van der Waals surface area contributed by atoms with Crippen LogP contribution in [0.15, 0.2) is 60.7 Å². The Balaban J connectivity index is 1.88. The molecule has 5 nitrogen and oxygen atoms in total. The number of carbonyl (C=O) groups is 2. The van der Waals surface area contributed by atoms with Crippen LogP contribution in [0.5, 0.6) is 0 Å². The van der Waals surface area contributed by atoms with Crippen molar-refractivity contribution in [3.05, 3.63) is 71.8 Å². The van der Waals surface area contributed by atoms with Gasteiger partial charge in [-0.25, -0.2) is 0 Å². The molecular weight excluding hydrogens is 350 g/mol. The highest BCUT2D eigenvalue weighted by atomic mass is 16.2. The zero-order valence-electron chi connectivity index (χ0n) is 16.6. The van der Waals surface area contributed by atoms with Gasteiger partial charge in [-0.1, -0.05) is 60.7 Å². The van der Waals surface area contributed by atoms with Crippen LogP contribution in [0.2, 0.25) is 0 Å². The highest BCUT2D eigenvalue weighted by Crippen LogP contribution is 2.37. The molecule has 1 heterocycles. The monoisotopic (exact) mass is 379 g/mol. The molecule has 3 rings (SSSR count). The summed E-state index contributed by atoms with van der Waals surface area (Å²) in [5.41, 5.74) is 2.08. The van der Waals surface area contributed by atoms with Gasteiger partial charge in [0.05, 0.1) is 12.0 Å². The van der Waals surface area contributed by atoms with E-state index in [0.717, 1.165) is 11.1 Å². The Morgan fingerprint density at radius 3 is 2.39 bits per heavy atom. The van der Waals surface area contributed by atoms with E-state index >= 15 is 0 Å². The number of nitrogens with zero attached hydrogens (tertiary/aromatic N) is 1. The summed E-state index contributed by atoms with van der Waals surface area (Å²) in [6.07, 6.45) is 0.972. The van der Waals surface area contributed by atoms with Gasteiger partial charge in [0.1, 0.15) is 0 Å². The van der Waals surface area contributed by atoms with Crippen LogP contribution in [0.4, 0.5) is 0 Å². The number of hydrogen-bond donors (Lipinski definition) is 2. The Hall–Kier alpha value is -2.66. The van der Waals surface area contributed by atoms with Crippen molar-refractivity contribution in [2.75, 3.05) is 13.6 Å². The first-order valence-corrected chi connectivity index (χ1v) is 9.93. The predicted molar refractivity (Wildman–Crippen MR) is 110 cm³/mol. The number of amides is 2. The van der Waals surface area contributed by atoms with Crippen molar-refractivity contribution < 1.29 is 9.59 Å². The van der Waals surface area contributed by atoms with E-state index in [0.29, 0.717) is 25.9 Å². The summed E-state index contributed by atoms with van der Waals surface area (Å²) in [5.74, 6) is -0.139. The topological polar surface area (TPSA) is 61.4 Å². The van der Waals surface area contributed by atoms with Gasteiger partial charge in [-0.15, -0.1) is 0 Å². The summed E-state index contributed by atoms with van der Waals surface area (Å²) in [6.45, 7) is 3.11. The third-order valence-corrected chi connectivity index (χ3v) is 5.46. The third-order valence-electron chi connectivity index (χ3n) is 5.46. The Kier molecular flexibility index (Phi) is 6.82. The maximum absolute atomic E-state index is 13.0. The van der Waals surface area contributed by atoms with Crippen LogP contribution in [-0.4, -0.2) is 36.3 Å². The van der Waals surface area contributed by atoms with Crippen molar-refractivity contribution in [3.8, 4) is 0 Å². The van der Waals surface area contributed by atoms with E-state index in [4.69, 9.17) is 0 Å². The fourth-order valence-electron chi connectivity index (χ4n) is 3.74. The van der Waals surface area contributed by atoms with Gasteiger partial charge in [0.25, 0.3) is 0 Å². The molecule has 1 fully saturated rings. The first-order chi connectivity index (χ1) is 13.6. The molecule has 5 heteroatoms. The second-order valence-corrected chi connectivity index (χ2v) is 7.44. The molecular formula is C23H29N3O2. The quantitative estimate of drug-likeness (QED) is 0.778. The number of piperidine rings is 1. The molecule has 1 saturated heterocycles. The predicted octanol–water partition coefficient (Wildman–Crippen LogP) is 2.89. The van der Waals surface area contributed by atoms with Gasteiger partial charge in [-0.3, -0.25) is 9.59 Å². The van der Waals surface area contributed by atoms with Gasteiger partial charge in [0, 0.05) is 25.6 Å². The summed E-state index contributed by atoms with van der Waals surface area (Å²) in [6, 6.07) is 19.8. The van der Waals surface area contributed by atoms with Crippen molar-refractivity contribution in [1.82, 2.24) is 15.5 Å². The van der Waals surface area contributed by atoms with Crippen LogP contribution in [0.25, 0.3) is 0 Å². The second-order valence-electron chi connectivity index (χ2n) is 7.44. The molecule has 0 radical (unpaired) electrons. The van der Waals surface area contributed by atoms with E-state index in [-0.39, 0.29) is 29.8 Å². The minimum absolute atomic E-state index is 0.0153. The fourth-order valence-corrected chi connectivity index (χ4v) is 3.74. The van der Waals surface area contributed by atoms with E-state index in [1.807, 2.05) is 79.5 Å². The van der Waals surface area contributed by atoms with Crippen LogP contribution in [0.3, 0.4) is 0 Å². The lowest BCUT2D eigenvalue weighted by Crippen LogP contribution is -2.49. The average Bonchev–Trinajstić information content (AvgIpc) is 2.74. The number of nitrogens with one attached hydrogen (secondary N) is 2. The summed E-state index contributed by atoms with van der Waals surface area (Å²) in [7, 11) is 1.88. The normalized spacial score (nSPS) is 20.6.